The maximum absolute atomic E-state index is 12.6. The Kier molecular flexibility index (Phi) is 3.10. The number of amides is 1. The van der Waals surface area contributed by atoms with Crippen LogP contribution >= 0.6 is 0 Å². The summed E-state index contributed by atoms with van der Waals surface area (Å²) in [5.74, 6) is 1.32. The van der Waals surface area contributed by atoms with E-state index in [4.69, 9.17) is 4.74 Å². The van der Waals surface area contributed by atoms with Crippen LogP contribution in [0, 0.1) is 6.92 Å². The second-order valence-corrected chi connectivity index (χ2v) is 6.06. The van der Waals surface area contributed by atoms with E-state index in [1.807, 2.05) is 43.3 Å². The van der Waals surface area contributed by atoms with Crippen LogP contribution in [0.5, 0.6) is 5.88 Å². The fourth-order valence-electron chi connectivity index (χ4n) is 2.91. The first kappa shape index (κ1) is 13.3. The van der Waals surface area contributed by atoms with Crippen LogP contribution in [0.4, 0.5) is 5.82 Å². The van der Waals surface area contributed by atoms with Gasteiger partial charge in [-0.25, -0.2) is 0 Å². The van der Waals surface area contributed by atoms with E-state index in [0.29, 0.717) is 18.2 Å². The maximum Gasteiger partial charge on any atom is 0.260 e. The number of carbonyl (C=O) groups is 1. The normalized spacial score (nSPS) is 17.3. The molecule has 1 saturated carbocycles. The summed E-state index contributed by atoms with van der Waals surface area (Å²) >= 11 is 0. The Morgan fingerprint density at radius 2 is 2.05 bits per heavy atom. The number of benzene rings is 1. The topological polar surface area (TPSA) is 42.4 Å². The molecular weight excluding hydrogens is 276 g/mol. The number of pyridine rings is 1. The van der Waals surface area contributed by atoms with Crippen LogP contribution in [-0.4, -0.2) is 17.0 Å². The van der Waals surface area contributed by atoms with Gasteiger partial charge < -0.3 is 4.74 Å². The molecule has 0 unspecified atom stereocenters. The Hall–Kier alpha value is -2.36. The Labute approximate surface area is 129 Å². The first-order valence-corrected chi connectivity index (χ1v) is 7.76. The van der Waals surface area contributed by atoms with E-state index >= 15 is 0 Å². The van der Waals surface area contributed by atoms with Gasteiger partial charge in [0.1, 0.15) is 11.9 Å². The summed E-state index contributed by atoms with van der Waals surface area (Å²) in [5.41, 5.74) is 2.88. The van der Waals surface area contributed by atoms with Gasteiger partial charge in [-0.15, -0.1) is 0 Å². The van der Waals surface area contributed by atoms with E-state index in [9.17, 15) is 4.79 Å². The van der Waals surface area contributed by atoms with Crippen LogP contribution in [0.1, 0.15) is 40.7 Å². The van der Waals surface area contributed by atoms with Gasteiger partial charge in [-0.05, 0) is 49.4 Å². The predicted octanol–water partition coefficient (Wildman–Crippen LogP) is 3.48. The number of hydrogen-bond acceptors (Lipinski definition) is 3. The first-order chi connectivity index (χ1) is 10.7. The Morgan fingerprint density at radius 3 is 2.77 bits per heavy atom. The van der Waals surface area contributed by atoms with E-state index in [-0.39, 0.29) is 12.0 Å². The summed E-state index contributed by atoms with van der Waals surface area (Å²) in [6.45, 7) is 2.58. The average Bonchev–Trinajstić information content (AvgIpc) is 2.80. The highest BCUT2D eigenvalue weighted by Gasteiger charge is 2.29. The third kappa shape index (κ3) is 2.25. The van der Waals surface area contributed by atoms with Gasteiger partial charge in [0.05, 0.1) is 6.54 Å². The van der Waals surface area contributed by atoms with Gasteiger partial charge in [-0.2, -0.15) is 4.98 Å². The molecule has 1 fully saturated rings. The largest absolute Gasteiger partial charge is 0.474 e. The van der Waals surface area contributed by atoms with Crippen LogP contribution in [-0.2, 0) is 6.54 Å². The second-order valence-electron chi connectivity index (χ2n) is 6.06. The fourth-order valence-corrected chi connectivity index (χ4v) is 2.91. The van der Waals surface area contributed by atoms with E-state index in [1.54, 1.807) is 4.90 Å². The summed E-state index contributed by atoms with van der Waals surface area (Å²) in [4.78, 5) is 18.8. The highest BCUT2D eigenvalue weighted by atomic mass is 16.5. The zero-order valence-corrected chi connectivity index (χ0v) is 12.6. The molecule has 22 heavy (non-hydrogen) atoms. The molecule has 0 saturated heterocycles. The summed E-state index contributed by atoms with van der Waals surface area (Å²) in [6.07, 6.45) is 3.70. The molecule has 1 aliphatic heterocycles. The highest BCUT2D eigenvalue weighted by Crippen LogP contribution is 2.30. The lowest BCUT2D eigenvalue weighted by Crippen LogP contribution is -2.27. The number of nitrogens with zero attached hydrogens (tertiary/aromatic N) is 2. The lowest BCUT2D eigenvalue weighted by molar-refractivity contribution is 0.0995. The molecule has 112 valence electrons. The van der Waals surface area contributed by atoms with Crippen LogP contribution < -0.4 is 9.64 Å². The predicted molar refractivity (Wildman–Crippen MR) is 84.2 cm³/mol. The summed E-state index contributed by atoms with van der Waals surface area (Å²) in [6, 6.07) is 11.6. The van der Waals surface area contributed by atoms with Crippen LogP contribution in [0.25, 0.3) is 0 Å². The molecule has 1 aromatic heterocycles. The van der Waals surface area contributed by atoms with Gasteiger partial charge in [-0.3, -0.25) is 9.69 Å². The molecule has 4 nitrogen and oxygen atoms in total. The van der Waals surface area contributed by atoms with Crippen LogP contribution in [0.3, 0.4) is 0 Å². The molecule has 2 heterocycles. The van der Waals surface area contributed by atoms with Gasteiger partial charge in [-0.1, -0.05) is 18.2 Å². The number of aromatic nitrogens is 1. The van der Waals surface area contributed by atoms with Crippen molar-refractivity contribution in [3.05, 3.63) is 53.1 Å². The van der Waals surface area contributed by atoms with Gasteiger partial charge >= 0.3 is 0 Å². The Balaban J connectivity index is 1.64. The van der Waals surface area contributed by atoms with Gasteiger partial charge in [0, 0.05) is 11.6 Å². The number of carbonyl (C=O) groups excluding carboxylic acids is 1. The molecule has 0 N–H and O–H groups in total. The lowest BCUT2D eigenvalue weighted by atomic mass is 9.96. The molecule has 1 amide bonds. The molecule has 1 aliphatic carbocycles. The van der Waals surface area contributed by atoms with Crippen molar-refractivity contribution in [1.82, 2.24) is 4.98 Å². The van der Waals surface area contributed by atoms with Crippen molar-refractivity contribution in [2.24, 2.45) is 0 Å². The van der Waals surface area contributed by atoms with Crippen molar-refractivity contribution in [1.29, 1.82) is 0 Å². The number of anilines is 1. The SMILES string of the molecule is Cc1cc(OC2CCC2)nc(N2Cc3ccccc3C2=O)c1. The minimum absolute atomic E-state index is 0.0169. The number of fused-ring (bicyclic) bond motifs is 1. The number of rotatable bonds is 3. The summed E-state index contributed by atoms with van der Waals surface area (Å²) in [5, 5.41) is 0. The fraction of sp³-hybridized carbons (Fsp3) is 0.333. The molecule has 0 atom stereocenters. The van der Waals surface area contributed by atoms with E-state index in [0.717, 1.165) is 29.5 Å². The number of hydrogen-bond donors (Lipinski definition) is 0. The summed E-state index contributed by atoms with van der Waals surface area (Å²) < 4.78 is 5.89. The zero-order valence-electron chi connectivity index (χ0n) is 12.6. The standard InChI is InChI=1S/C18H18N2O2/c1-12-9-16(19-17(10-12)22-14-6-4-7-14)20-11-13-5-2-3-8-15(13)18(20)21/h2-3,5,8-10,14H,4,6-7,11H2,1H3. The Morgan fingerprint density at radius 1 is 1.23 bits per heavy atom. The van der Waals surface area contributed by atoms with Crippen molar-refractivity contribution in [2.75, 3.05) is 4.90 Å². The first-order valence-electron chi connectivity index (χ1n) is 7.76. The van der Waals surface area contributed by atoms with Crippen LogP contribution in [0.2, 0.25) is 0 Å². The van der Waals surface area contributed by atoms with Crippen molar-refractivity contribution in [2.45, 2.75) is 38.8 Å². The maximum atomic E-state index is 12.6. The smallest absolute Gasteiger partial charge is 0.260 e. The molecule has 0 spiro atoms. The third-order valence-electron chi connectivity index (χ3n) is 4.37. The minimum Gasteiger partial charge on any atom is -0.474 e. The molecule has 1 aromatic carbocycles. The van der Waals surface area contributed by atoms with E-state index < -0.39 is 0 Å². The van der Waals surface area contributed by atoms with E-state index in [2.05, 4.69) is 4.98 Å². The second kappa shape index (κ2) is 5.13. The van der Waals surface area contributed by atoms with Crippen LogP contribution in [0.15, 0.2) is 36.4 Å². The minimum atomic E-state index is 0.0169. The third-order valence-corrected chi connectivity index (χ3v) is 4.37. The molecular formula is C18H18N2O2. The molecule has 4 rings (SSSR count). The average molecular weight is 294 g/mol. The Bertz CT molecular complexity index is 738. The van der Waals surface area contributed by atoms with Crippen molar-refractivity contribution < 1.29 is 9.53 Å². The van der Waals surface area contributed by atoms with Crippen molar-refractivity contribution in [3.8, 4) is 5.88 Å². The van der Waals surface area contributed by atoms with E-state index in [1.165, 1.54) is 6.42 Å². The molecule has 4 heteroatoms. The molecule has 2 aliphatic rings. The molecule has 2 aromatic rings. The highest BCUT2D eigenvalue weighted by molar-refractivity contribution is 6.09. The molecule has 0 radical (unpaired) electrons. The molecule has 0 bridgehead atoms. The zero-order chi connectivity index (χ0) is 15.1. The van der Waals surface area contributed by atoms with Crippen molar-refractivity contribution >= 4 is 11.7 Å². The van der Waals surface area contributed by atoms with Gasteiger partial charge in [0.15, 0.2) is 0 Å². The summed E-state index contributed by atoms with van der Waals surface area (Å²) in [7, 11) is 0. The number of ether oxygens (including phenoxy) is 1. The van der Waals surface area contributed by atoms with Gasteiger partial charge in [0.2, 0.25) is 5.88 Å². The number of aryl methyl sites for hydroxylation is 1. The monoisotopic (exact) mass is 294 g/mol. The van der Waals surface area contributed by atoms with Gasteiger partial charge in [0.25, 0.3) is 5.91 Å². The quantitative estimate of drug-likeness (QED) is 0.870. The lowest BCUT2D eigenvalue weighted by Gasteiger charge is -2.26. The van der Waals surface area contributed by atoms with Crippen molar-refractivity contribution in [3.63, 3.8) is 0 Å².